The van der Waals surface area contributed by atoms with E-state index in [9.17, 15) is 0 Å². The molecule has 0 aliphatic carbocycles. The van der Waals surface area contributed by atoms with Crippen molar-refractivity contribution >= 4 is 5.69 Å². The molecule has 0 atom stereocenters. The summed E-state index contributed by atoms with van der Waals surface area (Å²) in [6, 6.07) is 14.1. The first-order valence-electron chi connectivity index (χ1n) is 8.05. The van der Waals surface area contributed by atoms with Crippen LogP contribution in [0.15, 0.2) is 47.0 Å². The zero-order chi connectivity index (χ0) is 17.1. The Bertz CT molecular complexity index is 813. The molecule has 0 amide bonds. The first-order valence-corrected chi connectivity index (χ1v) is 8.05. The van der Waals surface area contributed by atoms with Gasteiger partial charge in [0.2, 0.25) is 0 Å². The van der Waals surface area contributed by atoms with E-state index in [-0.39, 0.29) is 0 Å². The van der Waals surface area contributed by atoms with Crippen molar-refractivity contribution in [2.24, 2.45) is 0 Å². The Balaban J connectivity index is 1.83. The van der Waals surface area contributed by atoms with Gasteiger partial charge in [0.1, 0.15) is 11.5 Å². The molecule has 0 unspecified atom stereocenters. The van der Waals surface area contributed by atoms with Crippen molar-refractivity contribution in [3.63, 3.8) is 0 Å². The second-order valence-corrected chi connectivity index (χ2v) is 5.98. The van der Waals surface area contributed by atoms with Crippen molar-refractivity contribution in [1.29, 1.82) is 0 Å². The fourth-order valence-corrected chi connectivity index (χ4v) is 2.71. The molecule has 3 aromatic rings. The van der Waals surface area contributed by atoms with Crippen LogP contribution in [0.25, 0.3) is 0 Å². The van der Waals surface area contributed by atoms with Gasteiger partial charge in [-0.2, -0.15) is 0 Å². The molecular weight excluding hydrogens is 300 g/mol. The molecule has 4 heteroatoms. The molecule has 0 saturated carbocycles. The molecule has 124 valence electrons. The lowest BCUT2D eigenvalue weighted by Gasteiger charge is -2.15. The summed E-state index contributed by atoms with van der Waals surface area (Å²) >= 11 is 0. The average Bonchev–Trinajstić information content (AvgIpc) is 2.88. The van der Waals surface area contributed by atoms with Gasteiger partial charge in [0.25, 0.3) is 0 Å². The summed E-state index contributed by atoms with van der Waals surface area (Å²) in [5.74, 6) is 2.55. The summed E-state index contributed by atoms with van der Waals surface area (Å²) in [5.41, 5.74) is 5.18. The Morgan fingerprint density at radius 1 is 0.958 bits per heavy atom. The van der Waals surface area contributed by atoms with Gasteiger partial charge in [-0.1, -0.05) is 35.5 Å². The minimum absolute atomic E-state index is 0.647. The first-order chi connectivity index (χ1) is 11.6. The molecule has 0 fully saturated rings. The largest absolute Gasteiger partial charge is 0.455 e. The highest BCUT2D eigenvalue weighted by Gasteiger charge is 2.11. The molecule has 24 heavy (non-hydrogen) atoms. The van der Waals surface area contributed by atoms with Crippen LogP contribution in [-0.4, -0.2) is 5.16 Å². The normalized spacial score (nSPS) is 10.7. The van der Waals surface area contributed by atoms with Crippen molar-refractivity contribution in [3.05, 3.63) is 70.6 Å². The minimum atomic E-state index is 0.647. The maximum absolute atomic E-state index is 6.20. The van der Waals surface area contributed by atoms with Gasteiger partial charge in [0, 0.05) is 12.1 Å². The van der Waals surface area contributed by atoms with Crippen molar-refractivity contribution in [3.8, 4) is 11.5 Å². The lowest BCUT2D eigenvalue weighted by atomic mass is 10.1. The highest BCUT2D eigenvalue weighted by atomic mass is 16.5. The third-order valence-corrected chi connectivity index (χ3v) is 4.14. The van der Waals surface area contributed by atoms with E-state index in [1.54, 1.807) is 0 Å². The number of rotatable bonds is 5. The standard InChI is InChI=1S/C20H22N2O2/c1-13-8-7-9-14(2)20(13)23-19-11-6-5-10-18(19)21-12-17-15(3)22-24-16(17)4/h5-11,21H,12H2,1-4H3. The topological polar surface area (TPSA) is 47.3 Å². The molecular formula is C20H22N2O2. The molecule has 1 heterocycles. The predicted molar refractivity (Wildman–Crippen MR) is 95.7 cm³/mol. The summed E-state index contributed by atoms with van der Waals surface area (Å²) in [5, 5.41) is 7.43. The quantitative estimate of drug-likeness (QED) is 0.691. The minimum Gasteiger partial charge on any atom is -0.455 e. The second-order valence-electron chi connectivity index (χ2n) is 5.98. The average molecular weight is 322 g/mol. The van der Waals surface area contributed by atoms with E-state index >= 15 is 0 Å². The van der Waals surface area contributed by atoms with Crippen molar-refractivity contribution in [1.82, 2.24) is 5.16 Å². The van der Waals surface area contributed by atoms with E-state index in [0.717, 1.165) is 45.3 Å². The number of benzene rings is 2. The highest BCUT2D eigenvalue weighted by molar-refractivity contribution is 5.58. The molecule has 0 radical (unpaired) electrons. The van der Waals surface area contributed by atoms with Crippen molar-refractivity contribution in [2.75, 3.05) is 5.32 Å². The van der Waals surface area contributed by atoms with Crippen LogP contribution in [0.5, 0.6) is 11.5 Å². The maximum Gasteiger partial charge on any atom is 0.150 e. The van der Waals surface area contributed by atoms with Gasteiger partial charge < -0.3 is 14.6 Å². The molecule has 3 rings (SSSR count). The number of ether oxygens (including phenoxy) is 1. The van der Waals surface area contributed by atoms with Gasteiger partial charge >= 0.3 is 0 Å². The summed E-state index contributed by atoms with van der Waals surface area (Å²) in [6.45, 7) is 8.64. The number of para-hydroxylation sites is 3. The zero-order valence-electron chi connectivity index (χ0n) is 14.5. The van der Waals surface area contributed by atoms with Crippen LogP contribution >= 0.6 is 0 Å². The molecule has 0 aliphatic heterocycles. The van der Waals surface area contributed by atoms with Crippen LogP contribution < -0.4 is 10.1 Å². The van der Waals surface area contributed by atoms with Gasteiger partial charge in [-0.05, 0) is 51.0 Å². The SMILES string of the molecule is Cc1cccc(C)c1Oc1ccccc1NCc1c(C)noc1C. The number of anilines is 1. The van der Waals surface area contributed by atoms with E-state index in [4.69, 9.17) is 9.26 Å². The number of hydrogen-bond donors (Lipinski definition) is 1. The van der Waals surface area contributed by atoms with Gasteiger partial charge in [-0.3, -0.25) is 0 Å². The van der Waals surface area contributed by atoms with Crippen LogP contribution in [0.4, 0.5) is 5.69 Å². The lowest BCUT2D eigenvalue weighted by Crippen LogP contribution is -2.03. The molecule has 2 aromatic carbocycles. The monoisotopic (exact) mass is 322 g/mol. The maximum atomic E-state index is 6.20. The second kappa shape index (κ2) is 6.79. The van der Waals surface area contributed by atoms with E-state index < -0.39 is 0 Å². The number of aryl methyl sites for hydroxylation is 4. The lowest BCUT2D eigenvalue weighted by molar-refractivity contribution is 0.392. The Hall–Kier alpha value is -2.75. The van der Waals surface area contributed by atoms with E-state index in [2.05, 4.69) is 36.5 Å². The molecule has 0 spiro atoms. The van der Waals surface area contributed by atoms with Crippen molar-refractivity contribution in [2.45, 2.75) is 34.2 Å². The summed E-state index contributed by atoms with van der Waals surface area (Å²) in [4.78, 5) is 0. The third-order valence-electron chi connectivity index (χ3n) is 4.14. The Kier molecular flexibility index (Phi) is 4.56. The van der Waals surface area contributed by atoms with Crippen molar-refractivity contribution < 1.29 is 9.26 Å². The summed E-state index contributed by atoms with van der Waals surface area (Å²) in [7, 11) is 0. The van der Waals surface area contributed by atoms with Crippen LogP contribution in [0.3, 0.4) is 0 Å². The molecule has 4 nitrogen and oxygen atoms in total. The number of nitrogens with zero attached hydrogens (tertiary/aromatic N) is 1. The third kappa shape index (κ3) is 3.27. The Morgan fingerprint density at radius 2 is 1.67 bits per heavy atom. The fourth-order valence-electron chi connectivity index (χ4n) is 2.71. The smallest absolute Gasteiger partial charge is 0.150 e. The van der Waals surface area contributed by atoms with Gasteiger partial charge in [0.05, 0.1) is 11.4 Å². The van der Waals surface area contributed by atoms with Crippen LogP contribution in [0.1, 0.15) is 28.1 Å². The van der Waals surface area contributed by atoms with Gasteiger partial charge in [-0.25, -0.2) is 0 Å². The highest BCUT2D eigenvalue weighted by Crippen LogP contribution is 2.33. The van der Waals surface area contributed by atoms with E-state index in [1.807, 2.05) is 44.2 Å². The zero-order valence-corrected chi connectivity index (χ0v) is 14.5. The first kappa shape index (κ1) is 16.1. The number of hydrogen-bond acceptors (Lipinski definition) is 4. The number of aromatic nitrogens is 1. The predicted octanol–water partition coefficient (Wildman–Crippen LogP) is 5.31. The van der Waals surface area contributed by atoms with Crippen LogP contribution in [-0.2, 0) is 6.54 Å². The van der Waals surface area contributed by atoms with Crippen LogP contribution in [0.2, 0.25) is 0 Å². The number of nitrogens with one attached hydrogen (secondary N) is 1. The molecule has 1 N–H and O–H groups in total. The molecule has 0 aliphatic rings. The van der Waals surface area contributed by atoms with E-state index in [0.29, 0.717) is 6.54 Å². The molecule has 0 bridgehead atoms. The van der Waals surface area contributed by atoms with Gasteiger partial charge in [-0.15, -0.1) is 0 Å². The van der Waals surface area contributed by atoms with Crippen LogP contribution in [0, 0.1) is 27.7 Å². The Labute approximate surface area is 142 Å². The Morgan fingerprint density at radius 3 is 2.33 bits per heavy atom. The summed E-state index contributed by atoms with van der Waals surface area (Å²) in [6.07, 6.45) is 0. The van der Waals surface area contributed by atoms with E-state index in [1.165, 1.54) is 0 Å². The van der Waals surface area contributed by atoms with Gasteiger partial charge in [0.15, 0.2) is 5.75 Å². The fraction of sp³-hybridized carbons (Fsp3) is 0.250. The molecule has 0 saturated heterocycles. The summed E-state index contributed by atoms with van der Waals surface area (Å²) < 4.78 is 11.4. The molecule has 1 aromatic heterocycles.